The SMILES string of the molecule is CSCC[C@@H](NC(=O)Nc1c(Cl)cc(F)cc1Br)C(=O)O. The number of carbonyl (C=O) groups excluding carboxylic acids is 1. The van der Waals surface area contributed by atoms with Gasteiger partial charge in [-0.15, -0.1) is 0 Å². The minimum absolute atomic E-state index is 0.00742. The van der Waals surface area contributed by atoms with Gasteiger partial charge >= 0.3 is 12.0 Å². The number of rotatable bonds is 6. The van der Waals surface area contributed by atoms with Crippen molar-refractivity contribution in [3.8, 4) is 0 Å². The number of halogens is 3. The lowest BCUT2D eigenvalue weighted by molar-refractivity contribution is -0.139. The summed E-state index contributed by atoms with van der Waals surface area (Å²) in [6, 6.07) is 0.460. The highest BCUT2D eigenvalue weighted by molar-refractivity contribution is 9.10. The second-order valence-corrected chi connectivity index (χ2v) is 6.26. The highest BCUT2D eigenvalue weighted by Crippen LogP contribution is 2.31. The molecule has 0 aliphatic heterocycles. The fourth-order valence-corrected chi connectivity index (χ4v) is 2.83. The van der Waals surface area contributed by atoms with E-state index in [2.05, 4.69) is 26.6 Å². The molecule has 0 saturated heterocycles. The molecule has 116 valence electrons. The average molecular weight is 400 g/mol. The lowest BCUT2D eigenvalue weighted by Gasteiger charge is -2.16. The van der Waals surface area contributed by atoms with E-state index in [0.29, 0.717) is 12.2 Å². The van der Waals surface area contributed by atoms with Gasteiger partial charge in [0.15, 0.2) is 0 Å². The summed E-state index contributed by atoms with van der Waals surface area (Å²) in [5, 5.41) is 13.8. The van der Waals surface area contributed by atoms with E-state index >= 15 is 0 Å². The first kappa shape index (κ1) is 18.1. The molecular weight excluding hydrogens is 387 g/mol. The van der Waals surface area contributed by atoms with Gasteiger partial charge in [0.05, 0.1) is 10.7 Å². The maximum atomic E-state index is 13.1. The summed E-state index contributed by atoms with van der Waals surface area (Å²) in [4.78, 5) is 22.8. The van der Waals surface area contributed by atoms with E-state index < -0.39 is 23.9 Å². The predicted molar refractivity (Wildman–Crippen MR) is 85.7 cm³/mol. The van der Waals surface area contributed by atoms with E-state index in [9.17, 15) is 14.0 Å². The van der Waals surface area contributed by atoms with Gasteiger partial charge in [0.25, 0.3) is 0 Å². The van der Waals surface area contributed by atoms with Gasteiger partial charge in [-0.1, -0.05) is 11.6 Å². The molecule has 0 spiro atoms. The molecule has 9 heteroatoms. The number of aliphatic carboxylic acids is 1. The van der Waals surface area contributed by atoms with Crippen molar-refractivity contribution in [3.63, 3.8) is 0 Å². The molecule has 1 atom stereocenters. The van der Waals surface area contributed by atoms with Gasteiger partial charge in [-0.05, 0) is 46.5 Å². The Morgan fingerprint density at radius 1 is 1.52 bits per heavy atom. The van der Waals surface area contributed by atoms with Crippen LogP contribution < -0.4 is 10.6 Å². The number of nitrogens with one attached hydrogen (secondary N) is 2. The van der Waals surface area contributed by atoms with Crippen LogP contribution in [0.25, 0.3) is 0 Å². The van der Waals surface area contributed by atoms with Crippen LogP contribution in [0.1, 0.15) is 6.42 Å². The summed E-state index contributed by atoms with van der Waals surface area (Å²) < 4.78 is 13.3. The Bertz CT molecular complexity index is 524. The van der Waals surface area contributed by atoms with Gasteiger partial charge in [-0.25, -0.2) is 14.0 Å². The van der Waals surface area contributed by atoms with E-state index in [1.54, 1.807) is 0 Å². The fraction of sp³-hybridized carbons (Fsp3) is 0.333. The zero-order valence-electron chi connectivity index (χ0n) is 11.0. The summed E-state index contributed by atoms with van der Waals surface area (Å²) >= 11 is 10.4. The molecule has 0 saturated carbocycles. The molecule has 0 bridgehead atoms. The molecule has 5 nitrogen and oxygen atoms in total. The van der Waals surface area contributed by atoms with E-state index in [1.165, 1.54) is 11.8 Å². The van der Waals surface area contributed by atoms with E-state index in [-0.39, 0.29) is 15.2 Å². The Labute approximate surface area is 138 Å². The first-order valence-electron chi connectivity index (χ1n) is 5.79. The van der Waals surface area contributed by atoms with Crippen LogP contribution in [0.4, 0.5) is 14.9 Å². The number of amides is 2. The molecule has 0 radical (unpaired) electrons. The second kappa shape index (κ2) is 8.45. The molecule has 1 aromatic carbocycles. The average Bonchev–Trinajstić information content (AvgIpc) is 2.38. The van der Waals surface area contributed by atoms with Gasteiger partial charge in [0.1, 0.15) is 11.9 Å². The van der Waals surface area contributed by atoms with Crippen molar-refractivity contribution in [1.82, 2.24) is 5.32 Å². The molecule has 0 heterocycles. The van der Waals surface area contributed by atoms with E-state index in [4.69, 9.17) is 16.7 Å². The van der Waals surface area contributed by atoms with Gasteiger partial charge < -0.3 is 15.7 Å². The van der Waals surface area contributed by atoms with E-state index in [0.717, 1.165) is 12.1 Å². The van der Waals surface area contributed by atoms with Crippen LogP contribution in [-0.2, 0) is 4.79 Å². The third-order valence-corrected chi connectivity index (χ3v) is 4.03. The number of carboxylic acids is 1. The lowest BCUT2D eigenvalue weighted by atomic mass is 10.2. The number of hydrogen-bond acceptors (Lipinski definition) is 3. The first-order chi connectivity index (χ1) is 9.85. The molecule has 0 aliphatic rings. The number of carbonyl (C=O) groups is 2. The molecule has 1 rings (SSSR count). The fourth-order valence-electron chi connectivity index (χ4n) is 1.46. The Morgan fingerprint density at radius 2 is 2.19 bits per heavy atom. The molecular formula is C12H13BrClFN2O3S. The quantitative estimate of drug-likeness (QED) is 0.683. The van der Waals surface area contributed by atoms with Crippen molar-refractivity contribution in [2.75, 3.05) is 17.3 Å². The number of benzene rings is 1. The maximum Gasteiger partial charge on any atom is 0.326 e. The van der Waals surface area contributed by atoms with Gasteiger partial charge in [-0.3, -0.25) is 0 Å². The lowest BCUT2D eigenvalue weighted by Crippen LogP contribution is -2.43. The van der Waals surface area contributed by atoms with Crippen LogP contribution in [0.2, 0.25) is 5.02 Å². The molecule has 21 heavy (non-hydrogen) atoms. The maximum absolute atomic E-state index is 13.1. The normalized spacial score (nSPS) is 11.8. The summed E-state index contributed by atoms with van der Waals surface area (Å²) in [5.74, 6) is -1.08. The first-order valence-corrected chi connectivity index (χ1v) is 8.35. The van der Waals surface area contributed by atoms with Crippen molar-refractivity contribution >= 4 is 57.0 Å². The monoisotopic (exact) mass is 398 g/mol. The van der Waals surface area contributed by atoms with Crippen LogP contribution in [0, 0.1) is 5.82 Å². The highest BCUT2D eigenvalue weighted by atomic mass is 79.9. The third kappa shape index (κ3) is 5.72. The molecule has 0 unspecified atom stereocenters. The van der Waals surface area contributed by atoms with Crippen LogP contribution in [0.3, 0.4) is 0 Å². The largest absolute Gasteiger partial charge is 0.480 e. The molecule has 3 N–H and O–H groups in total. The molecule has 0 fully saturated rings. The Kier molecular flexibility index (Phi) is 7.27. The minimum atomic E-state index is -1.12. The summed E-state index contributed by atoms with van der Waals surface area (Å²) in [7, 11) is 0. The Hall–Kier alpha value is -0.990. The zero-order chi connectivity index (χ0) is 16.0. The molecule has 0 aromatic heterocycles. The van der Waals surface area contributed by atoms with Crippen molar-refractivity contribution < 1.29 is 19.1 Å². The van der Waals surface area contributed by atoms with Crippen LogP contribution in [-0.4, -0.2) is 35.2 Å². The van der Waals surface area contributed by atoms with Gasteiger partial charge in [0.2, 0.25) is 0 Å². The highest BCUT2D eigenvalue weighted by Gasteiger charge is 2.20. The van der Waals surface area contributed by atoms with Crippen LogP contribution in [0.15, 0.2) is 16.6 Å². The summed E-state index contributed by atoms with van der Waals surface area (Å²) in [6.07, 6.45) is 2.14. The molecule has 0 aliphatic carbocycles. The number of thioether (sulfide) groups is 1. The van der Waals surface area contributed by atoms with Crippen LogP contribution in [0.5, 0.6) is 0 Å². The van der Waals surface area contributed by atoms with Crippen molar-refractivity contribution in [1.29, 1.82) is 0 Å². The Morgan fingerprint density at radius 3 is 2.71 bits per heavy atom. The number of carboxylic acid groups (broad SMARTS) is 1. The standard InChI is InChI=1S/C12H13BrClFN2O3S/c1-21-3-2-9(11(18)19)16-12(20)17-10-7(13)4-6(15)5-8(10)14/h4-5,9H,2-3H2,1H3,(H,18,19)(H2,16,17,20)/t9-/m1/s1. The van der Waals surface area contributed by atoms with Crippen molar-refractivity contribution in [3.05, 3.63) is 27.4 Å². The summed E-state index contributed by atoms with van der Waals surface area (Å²) in [5.41, 5.74) is 0.171. The predicted octanol–water partition coefficient (Wildman–Crippen LogP) is 3.57. The Balaban J connectivity index is 2.74. The number of hydrogen-bond donors (Lipinski definition) is 3. The van der Waals surface area contributed by atoms with Gasteiger partial charge in [0, 0.05) is 4.47 Å². The topological polar surface area (TPSA) is 78.4 Å². The molecule has 1 aromatic rings. The number of urea groups is 1. The summed E-state index contributed by atoms with van der Waals surface area (Å²) in [6.45, 7) is 0. The van der Waals surface area contributed by atoms with E-state index in [1.807, 2.05) is 6.26 Å². The smallest absolute Gasteiger partial charge is 0.326 e. The van der Waals surface area contributed by atoms with Crippen molar-refractivity contribution in [2.45, 2.75) is 12.5 Å². The number of anilines is 1. The third-order valence-electron chi connectivity index (χ3n) is 2.46. The second-order valence-electron chi connectivity index (χ2n) is 4.02. The van der Waals surface area contributed by atoms with Crippen LogP contribution >= 0.6 is 39.3 Å². The molecule has 2 amide bonds. The van der Waals surface area contributed by atoms with Gasteiger partial charge in [-0.2, -0.15) is 11.8 Å². The van der Waals surface area contributed by atoms with Crippen molar-refractivity contribution in [2.24, 2.45) is 0 Å². The zero-order valence-corrected chi connectivity index (χ0v) is 14.1. The minimum Gasteiger partial charge on any atom is -0.480 e.